The summed E-state index contributed by atoms with van der Waals surface area (Å²) in [5, 5.41) is 12.7. The molecular formula is C26H24N4OS2. The maximum atomic E-state index is 12.8. The molecule has 0 saturated heterocycles. The van der Waals surface area contributed by atoms with Crippen molar-refractivity contribution in [2.24, 2.45) is 0 Å². The molecule has 0 atom stereocenters. The predicted molar refractivity (Wildman–Crippen MR) is 134 cm³/mol. The van der Waals surface area contributed by atoms with Crippen LogP contribution in [-0.4, -0.2) is 26.4 Å². The Bertz CT molecular complexity index is 1220. The third kappa shape index (κ3) is 5.67. The first-order chi connectivity index (χ1) is 16.3. The summed E-state index contributed by atoms with van der Waals surface area (Å²) in [5.74, 6) is 1.75. The van der Waals surface area contributed by atoms with Gasteiger partial charge in [-0.25, -0.2) is 0 Å². The normalized spacial score (nSPS) is 13.1. The van der Waals surface area contributed by atoms with Crippen LogP contribution in [0.5, 0.6) is 0 Å². The molecule has 0 spiro atoms. The summed E-state index contributed by atoms with van der Waals surface area (Å²) in [4.78, 5) is 15.0. The number of hydrogen-bond acceptors (Lipinski definition) is 5. The zero-order valence-electron chi connectivity index (χ0n) is 18.1. The second-order valence-electron chi connectivity index (χ2n) is 7.93. The number of carbonyl (C=O) groups is 1. The van der Waals surface area contributed by atoms with Gasteiger partial charge >= 0.3 is 0 Å². The quantitative estimate of drug-likeness (QED) is 0.299. The molecule has 4 aromatic rings. The first-order valence-corrected chi connectivity index (χ1v) is 12.8. The summed E-state index contributed by atoms with van der Waals surface area (Å²) in [5.41, 5.74) is 2.03. The third-order valence-electron chi connectivity index (χ3n) is 5.34. The van der Waals surface area contributed by atoms with E-state index in [2.05, 4.69) is 44.3 Å². The van der Waals surface area contributed by atoms with Gasteiger partial charge in [-0.1, -0.05) is 84.2 Å². The Morgan fingerprint density at radius 3 is 2.36 bits per heavy atom. The van der Waals surface area contributed by atoms with Crippen molar-refractivity contribution < 1.29 is 4.79 Å². The molecule has 33 heavy (non-hydrogen) atoms. The van der Waals surface area contributed by atoms with Crippen LogP contribution in [-0.2, 0) is 11.3 Å². The Morgan fingerprint density at radius 2 is 1.61 bits per heavy atom. The van der Waals surface area contributed by atoms with Crippen molar-refractivity contribution in [2.75, 3.05) is 11.1 Å². The van der Waals surface area contributed by atoms with E-state index >= 15 is 0 Å². The molecule has 0 aliphatic heterocycles. The van der Waals surface area contributed by atoms with Gasteiger partial charge in [-0.3, -0.25) is 4.79 Å². The highest BCUT2D eigenvalue weighted by molar-refractivity contribution is 8.00. The molecule has 1 saturated carbocycles. The second-order valence-corrected chi connectivity index (χ2v) is 9.99. The number of thioether (sulfide) groups is 1. The van der Waals surface area contributed by atoms with Crippen LogP contribution in [0.4, 0.5) is 5.69 Å². The molecule has 5 rings (SSSR count). The van der Waals surface area contributed by atoms with Crippen LogP contribution in [0.25, 0.3) is 0 Å². The van der Waals surface area contributed by atoms with E-state index in [4.69, 9.17) is 0 Å². The van der Waals surface area contributed by atoms with Crippen LogP contribution in [0.15, 0.2) is 99.9 Å². The number of carbonyl (C=O) groups excluding carboxylic acids is 1. The van der Waals surface area contributed by atoms with Crippen molar-refractivity contribution in [3.05, 3.63) is 96.3 Å². The monoisotopic (exact) mass is 472 g/mol. The summed E-state index contributed by atoms with van der Waals surface area (Å²) < 4.78 is 2.17. The van der Waals surface area contributed by atoms with Crippen molar-refractivity contribution in [1.82, 2.24) is 14.8 Å². The van der Waals surface area contributed by atoms with Gasteiger partial charge in [0.2, 0.25) is 5.91 Å². The molecule has 3 aromatic carbocycles. The first-order valence-electron chi connectivity index (χ1n) is 11.0. The van der Waals surface area contributed by atoms with Crippen LogP contribution in [0.1, 0.15) is 30.1 Å². The highest BCUT2D eigenvalue weighted by Crippen LogP contribution is 2.40. The lowest BCUT2D eigenvalue weighted by Gasteiger charge is -2.12. The van der Waals surface area contributed by atoms with Crippen molar-refractivity contribution in [2.45, 2.75) is 40.3 Å². The van der Waals surface area contributed by atoms with Gasteiger partial charge in [0.15, 0.2) is 5.16 Å². The Hall–Kier alpha value is -3.03. The summed E-state index contributed by atoms with van der Waals surface area (Å²) in [7, 11) is 0. The predicted octanol–water partition coefficient (Wildman–Crippen LogP) is 6.09. The van der Waals surface area contributed by atoms with Crippen LogP contribution >= 0.6 is 23.5 Å². The average molecular weight is 473 g/mol. The Morgan fingerprint density at radius 1 is 0.909 bits per heavy atom. The standard InChI is InChI=1S/C26H24N4OS2/c31-24(27-22-13-7-8-14-23(22)33-21-11-5-2-6-12-21)18-32-26-29-28-25(20-15-16-20)30(26)17-19-9-3-1-4-10-19/h1-14,20H,15-18H2,(H,27,31). The lowest BCUT2D eigenvalue weighted by atomic mass is 10.2. The molecular weight excluding hydrogens is 448 g/mol. The minimum absolute atomic E-state index is 0.0525. The fourth-order valence-corrected chi connectivity index (χ4v) is 5.22. The highest BCUT2D eigenvalue weighted by Gasteiger charge is 2.30. The van der Waals surface area contributed by atoms with Gasteiger partial charge in [-0.2, -0.15) is 0 Å². The van der Waals surface area contributed by atoms with Gasteiger partial charge in [0, 0.05) is 15.7 Å². The van der Waals surface area contributed by atoms with E-state index in [9.17, 15) is 4.79 Å². The summed E-state index contributed by atoms with van der Waals surface area (Å²) in [6, 6.07) is 28.4. The summed E-state index contributed by atoms with van der Waals surface area (Å²) in [6.45, 7) is 0.722. The van der Waals surface area contributed by atoms with E-state index in [1.165, 1.54) is 17.3 Å². The second kappa shape index (κ2) is 10.3. The number of anilines is 1. The highest BCUT2D eigenvalue weighted by atomic mass is 32.2. The number of nitrogens with zero attached hydrogens (tertiary/aromatic N) is 3. The van der Waals surface area contributed by atoms with E-state index in [-0.39, 0.29) is 11.7 Å². The molecule has 1 aromatic heterocycles. The fourth-order valence-electron chi connectivity index (χ4n) is 3.56. The maximum absolute atomic E-state index is 12.8. The molecule has 1 N–H and O–H groups in total. The Labute approximate surface area is 202 Å². The Balaban J connectivity index is 1.26. The minimum Gasteiger partial charge on any atom is -0.324 e. The molecule has 5 nitrogen and oxygen atoms in total. The molecule has 0 bridgehead atoms. The Kier molecular flexibility index (Phi) is 6.79. The van der Waals surface area contributed by atoms with Crippen molar-refractivity contribution >= 4 is 35.1 Å². The number of aromatic nitrogens is 3. The molecule has 7 heteroatoms. The van der Waals surface area contributed by atoms with Crippen molar-refractivity contribution in [3.63, 3.8) is 0 Å². The van der Waals surface area contributed by atoms with E-state index < -0.39 is 0 Å². The molecule has 1 heterocycles. The molecule has 0 unspecified atom stereocenters. The van der Waals surface area contributed by atoms with Crippen molar-refractivity contribution in [3.8, 4) is 0 Å². The number of para-hydroxylation sites is 1. The van der Waals surface area contributed by atoms with Gasteiger partial charge < -0.3 is 9.88 Å². The summed E-state index contributed by atoms with van der Waals surface area (Å²) >= 11 is 3.08. The van der Waals surface area contributed by atoms with E-state index in [1.54, 1.807) is 11.8 Å². The molecule has 166 valence electrons. The fraction of sp³-hybridized carbons (Fsp3) is 0.192. The maximum Gasteiger partial charge on any atom is 0.234 e. The van der Waals surface area contributed by atoms with E-state index in [0.717, 1.165) is 45.8 Å². The molecule has 0 radical (unpaired) electrons. The SMILES string of the molecule is O=C(CSc1nnc(C2CC2)n1Cc1ccccc1)Nc1ccccc1Sc1ccccc1. The van der Waals surface area contributed by atoms with Gasteiger partial charge in [0.25, 0.3) is 0 Å². The largest absolute Gasteiger partial charge is 0.324 e. The smallest absolute Gasteiger partial charge is 0.234 e. The lowest BCUT2D eigenvalue weighted by Crippen LogP contribution is -2.15. The third-order valence-corrected chi connectivity index (χ3v) is 7.39. The van der Waals surface area contributed by atoms with Gasteiger partial charge in [-0.15, -0.1) is 10.2 Å². The molecule has 1 fully saturated rings. The van der Waals surface area contributed by atoms with Gasteiger partial charge in [0.1, 0.15) is 5.82 Å². The van der Waals surface area contributed by atoms with Crippen LogP contribution in [0, 0.1) is 0 Å². The van der Waals surface area contributed by atoms with Gasteiger partial charge in [0.05, 0.1) is 18.0 Å². The van der Waals surface area contributed by atoms with Crippen LogP contribution < -0.4 is 5.32 Å². The molecule has 1 aliphatic carbocycles. The average Bonchev–Trinajstić information content (AvgIpc) is 3.62. The lowest BCUT2D eigenvalue weighted by molar-refractivity contribution is -0.113. The van der Waals surface area contributed by atoms with E-state index in [0.29, 0.717) is 5.92 Å². The van der Waals surface area contributed by atoms with Crippen LogP contribution in [0.3, 0.4) is 0 Å². The van der Waals surface area contributed by atoms with E-state index in [1.807, 2.05) is 60.7 Å². The number of rotatable bonds is 9. The van der Waals surface area contributed by atoms with Crippen LogP contribution in [0.2, 0.25) is 0 Å². The minimum atomic E-state index is -0.0525. The number of benzene rings is 3. The number of hydrogen-bond donors (Lipinski definition) is 1. The number of nitrogens with one attached hydrogen (secondary N) is 1. The zero-order valence-corrected chi connectivity index (χ0v) is 19.7. The van der Waals surface area contributed by atoms with Gasteiger partial charge in [-0.05, 0) is 42.7 Å². The van der Waals surface area contributed by atoms with Crippen molar-refractivity contribution in [1.29, 1.82) is 0 Å². The molecule has 1 amide bonds. The zero-order chi connectivity index (χ0) is 22.5. The molecule has 1 aliphatic rings. The summed E-state index contributed by atoms with van der Waals surface area (Å²) in [6.07, 6.45) is 2.32. The number of amides is 1. The topological polar surface area (TPSA) is 59.8 Å². The first kappa shape index (κ1) is 21.8.